The summed E-state index contributed by atoms with van der Waals surface area (Å²) in [5, 5.41) is 16.5. The van der Waals surface area contributed by atoms with Crippen molar-refractivity contribution in [1.29, 1.82) is 0 Å². The molecule has 3 rings (SSSR count). The van der Waals surface area contributed by atoms with E-state index in [2.05, 4.69) is 10.6 Å². The van der Waals surface area contributed by atoms with Crippen LogP contribution in [-0.4, -0.2) is 28.0 Å². The first-order valence-corrected chi connectivity index (χ1v) is 8.41. The highest BCUT2D eigenvalue weighted by Crippen LogP contribution is 2.25. The number of para-hydroxylation sites is 2. The maximum Gasteiger partial charge on any atom is 0.313 e. The standard InChI is InChI=1S/C19H18ClN3O3/c1-23-11-13(12-6-2-5-9-16(12)23)17(24)10-21-18(25)19(26)22-15-8-4-3-7-14(15)20/h2-9,11,17,24H,10H2,1H3,(H,21,25)(H,22,26). The van der Waals surface area contributed by atoms with E-state index in [1.54, 1.807) is 24.3 Å². The first-order chi connectivity index (χ1) is 12.5. The van der Waals surface area contributed by atoms with Gasteiger partial charge in [0.2, 0.25) is 0 Å². The normalized spacial score (nSPS) is 12.0. The number of aliphatic hydroxyl groups is 1. The van der Waals surface area contributed by atoms with Gasteiger partial charge in [0.1, 0.15) is 0 Å². The molecule has 3 aromatic rings. The number of aliphatic hydroxyl groups excluding tert-OH is 1. The van der Waals surface area contributed by atoms with Crippen LogP contribution in [0.15, 0.2) is 54.7 Å². The Kier molecular flexibility index (Phi) is 5.25. The summed E-state index contributed by atoms with van der Waals surface area (Å²) in [7, 11) is 1.88. The molecule has 6 nitrogen and oxygen atoms in total. The number of aryl methyl sites for hydroxylation is 1. The Morgan fingerprint density at radius 3 is 2.58 bits per heavy atom. The number of nitrogens with one attached hydrogen (secondary N) is 2. The zero-order chi connectivity index (χ0) is 18.7. The fourth-order valence-electron chi connectivity index (χ4n) is 2.76. The van der Waals surface area contributed by atoms with Gasteiger partial charge in [0.25, 0.3) is 0 Å². The molecule has 0 spiro atoms. The lowest BCUT2D eigenvalue weighted by Gasteiger charge is -2.12. The average Bonchev–Trinajstić information content (AvgIpc) is 2.98. The van der Waals surface area contributed by atoms with E-state index in [4.69, 9.17) is 11.6 Å². The van der Waals surface area contributed by atoms with Crippen molar-refractivity contribution in [2.24, 2.45) is 7.05 Å². The van der Waals surface area contributed by atoms with Gasteiger partial charge in [-0.05, 0) is 18.2 Å². The van der Waals surface area contributed by atoms with Crippen LogP contribution in [0.1, 0.15) is 11.7 Å². The zero-order valence-electron chi connectivity index (χ0n) is 14.1. The van der Waals surface area contributed by atoms with Crippen molar-refractivity contribution < 1.29 is 14.7 Å². The number of carbonyl (C=O) groups is 2. The number of halogens is 1. The van der Waals surface area contributed by atoms with E-state index in [0.717, 1.165) is 10.9 Å². The minimum Gasteiger partial charge on any atom is -0.386 e. The second-order valence-electron chi connectivity index (χ2n) is 5.87. The fourth-order valence-corrected chi connectivity index (χ4v) is 2.94. The molecule has 1 heterocycles. The van der Waals surface area contributed by atoms with E-state index in [1.807, 2.05) is 42.1 Å². The van der Waals surface area contributed by atoms with Crippen LogP contribution in [0.4, 0.5) is 5.69 Å². The zero-order valence-corrected chi connectivity index (χ0v) is 14.8. The number of fused-ring (bicyclic) bond motifs is 1. The van der Waals surface area contributed by atoms with Gasteiger partial charge in [-0.3, -0.25) is 9.59 Å². The van der Waals surface area contributed by atoms with E-state index in [9.17, 15) is 14.7 Å². The summed E-state index contributed by atoms with van der Waals surface area (Å²) in [4.78, 5) is 23.9. The number of nitrogens with zero attached hydrogens (tertiary/aromatic N) is 1. The van der Waals surface area contributed by atoms with Gasteiger partial charge in [0, 0.05) is 36.3 Å². The van der Waals surface area contributed by atoms with Gasteiger partial charge >= 0.3 is 11.8 Å². The highest BCUT2D eigenvalue weighted by atomic mass is 35.5. The maximum atomic E-state index is 12.0. The summed E-state index contributed by atoms with van der Waals surface area (Å²) in [6, 6.07) is 14.3. The number of carbonyl (C=O) groups excluding carboxylic acids is 2. The molecule has 26 heavy (non-hydrogen) atoms. The second-order valence-corrected chi connectivity index (χ2v) is 6.28. The molecule has 2 amide bonds. The molecule has 0 fully saturated rings. The largest absolute Gasteiger partial charge is 0.386 e. The minimum atomic E-state index is -0.932. The Morgan fingerprint density at radius 2 is 1.81 bits per heavy atom. The fraction of sp³-hybridized carbons (Fsp3) is 0.158. The van der Waals surface area contributed by atoms with Crippen molar-refractivity contribution in [3.8, 4) is 0 Å². The smallest absolute Gasteiger partial charge is 0.313 e. The van der Waals surface area contributed by atoms with Crippen molar-refractivity contribution >= 4 is 40.0 Å². The second kappa shape index (κ2) is 7.59. The van der Waals surface area contributed by atoms with Crippen molar-refractivity contribution in [2.75, 3.05) is 11.9 Å². The summed E-state index contributed by atoms with van der Waals surface area (Å²) in [6.45, 7) is -0.0806. The number of hydrogen-bond donors (Lipinski definition) is 3. The molecule has 0 saturated heterocycles. The molecule has 1 aromatic heterocycles. The van der Waals surface area contributed by atoms with Crippen LogP contribution in [0, 0.1) is 0 Å². The quantitative estimate of drug-likeness (QED) is 0.616. The number of aromatic nitrogens is 1. The molecule has 0 bridgehead atoms. The molecule has 1 atom stereocenters. The third-order valence-corrected chi connectivity index (χ3v) is 4.40. The van der Waals surface area contributed by atoms with Gasteiger partial charge in [0.15, 0.2) is 0 Å². The number of anilines is 1. The molecular weight excluding hydrogens is 354 g/mol. The predicted octanol–water partition coefficient (Wildman–Crippen LogP) is 2.62. The molecule has 134 valence electrons. The van der Waals surface area contributed by atoms with E-state index in [1.165, 1.54) is 0 Å². The Balaban J connectivity index is 1.63. The van der Waals surface area contributed by atoms with Gasteiger partial charge in [0.05, 0.1) is 16.8 Å². The Morgan fingerprint density at radius 1 is 1.12 bits per heavy atom. The first-order valence-electron chi connectivity index (χ1n) is 8.03. The van der Waals surface area contributed by atoms with Crippen molar-refractivity contribution in [1.82, 2.24) is 9.88 Å². The van der Waals surface area contributed by atoms with Crippen LogP contribution in [0.3, 0.4) is 0 Å². The highest BCUT2D eigenvalue weighted by Gasteiger charge is 2.19. The predicted molar refractivity (Wildman–Crippen MR) is 101 cm³/mol. The van der Waals surface area contributed by atoms with Crippen LogP contribution in [0.2, 0.25) is 5.02 Å². The Bertz CT molecular complexity index is 968. The number of benzene rings is 2. The van der Waals surface area contributed by atoms with Crippen molar-refractivity contribution in [3.05, 3.63) is 65.3 Å². The highest BCUT2D eigenvalue weighted by molar-refractivity contribution is 6.41. The summed E-state index contributed by atoms with van der Waals surface area (Å²) in [6.07, 6.45) is 0.879. The number of rotatable bonds is 4. The van der Waals surface area contributed by atoms with E-state index in [-0.39, 0.29) is 6.54 Å². The maximum absolute atomic E-state index is 12.0. The molecule has 0 saturated carbocycles. The molecule has 0 aliphatic rings. The molecule has 0 aliphatic carbocycles. The van der Waals surface area contributed by atoms with Gasteiger partial charge in [-0.2, -0.15) is 0 Å². The van der Waals surface area contributed by atoms with E-state index >= 15 is 0 Å². The monoisotopic (exact) mass is 371 g/mol. The molecule has 0 radical (unpaired) electrons. The Labute approximate surface area is 155 Å². The molecule has 3 N–H and O–H groups in total. The first kappa shape index (κ1) is 18.0. The number of hydrogen-bond acceptors (Lipinski definition) is 3. The lowest BCUT2D eigenvalue weighted by molar-refractivity contribution is -0.136. The minimum absolute atomic E-state index is 0.0806. The van der Waals surface area contributed by atoms with Gasteiger partial charge in [-0.25, -0.2) is 0 Å². The third-order valence-electron chi connectivity index (χ3n) is 4.07. The van der Waals surface area contributed by atoms with Gasteiger partial charge < -0.3 is 20.3 Å². The lowest BCUT2D eigenvalue weighted by Crippen LogP contribution is -2.37. The number of amides is 2. The van der Waals surface area contributed by atoms with Crippen LogP contribution < -0.4 is 10.6 Å². The Hall–Kier alpha value is -2.83. The molecular formula is C19H18ClN3O3. The summed E-state index contributed by atoms with van der Waals surface area (Å²) < 4.78 is 1.90. The summed E-state index contributed by atoms with van der Waals surface area (Å²) in [5.74, 6) is -1.69. The van der Waals surface area contributed by atoms with Crippen molar-refractivity contribution in [3.63, 3.8) is 0 Å². The van der Waals surface area contributed by atoms with Crippen LogP contribution >= 0.6 is 11.6 Å². The molecule has 7 heteroatoms. The van der Waals surface area contributed by atoms with Crippen LogP contribution in [0.25, 0.3) is 10.9 Å². The SMILES string of the molecule is Cn1cc(C(O)CNC(=O)C(=O)Nc2ccccc2Cl)c2ccccc21. The third kappa shape index (κ3) is 3.71. The summed E-state index contributed by atoms with van der Waals surface area (Å²) in [5.41, 5.74) is 2.02. The average molecular weight is 372 g/mol. The van der Waals surface area contributed by atoms with Crippen LogP contribution in [0.5, 0.6) is 0 Å². The van der Waals surface area contributed by atoms with Crippen LogP contribution in [-0.2, 0) is 16.6 Å². The molecule has 0 aliphatic heterocycles. The topological polar surface area (TPSA) is 83.4 Å². The van der Waals surface area contributed by atoms with E-state index in [0.29, 0.717) is 16.3 Å². The van der Waals surface area contributed by atoms with Gasteiger partial charge in [-0.15, -0.1) is 0 Å². The van der Waals surface area contributed by atoms with Gasteiger partial charge in [-0.1, -0.05) is 41.9 Å². The molecule has 2 aromatic carbocycles. The molecule has 1 unspecified atom stereocenters. The lowest BCUT2D eigenvalue weighted by atomic mass is 10.1. The van der Waals surface area contributed by atoms with E-state index < -0.39 is 17.9 Å². The summed E-state index contributed by atoms with van der Waals surface area (Å²) >= 11 is 5.95. The van der Waals surface area contributed by atoms with Crippen molar-refractivity contribution in [2.45, 2.75) is 6.10 Å².